The zero-order chi connectivity index (χ0) is 15.0. The Morgan fingerprint density at radius 2 is 2.00 bits per heavy atom. The van der Waals surface area contributed by atoms with Crippen molar-refractivity contribution >= 4 is 11.9 Å². The van der Waals surface area contributed by atoms with Gasteiger partial charge in [0.25, 0.3) is 0 Å². The highest BCUT2D eigenvalue weighted by molar-refractivity contribution is 5.81. The lowest BCUT2D eigenvalue weighted by molar-refractivity contribution is -0.145. The number of carbonyl (C=O) groups is 2. The molecule has 116 valence electrons. The van der Waals surface area contributed by atoms with Crippen LogP contribution < -0.4 is 0 Å². The van der Waals surface area contributed by atoms with Gasteiger partial charge in [0.05, 0.1) is 19.1 Å². The van der Waals surface area contributed by atoms with Crippen LogP contribution in [0.4, 0.5) is 0 Å². The SMILES string of the molecule is CC(C)CN(CC(=O)O)C(=O)CCOC1CCOCC1. The lowest BCUT2D eigenvalue weighted by Gasteiger charge is -2.25. The molecule has 1 amide bonds. The number of rotatable bonds is 8. The molecule has 20 heavy (non-hydrogen) atoms. The quantitative estimate of drug-likeness (QED) is 0.724. The van der Waals surface area contributed by atoms with E-state index < -0.39 is 5.97 Å². The van der Waals surface area contributed by atoms with Crippen LogP contribution in [0.5, 0.6) is 0 Å². The molecule has 0 spiro atoms. The number of carbonyl (C=O) groups excluding carboxylic acids is 1. The molecule has 6 heteroatoms. The molecule has 0 aromatic heterocycles. The molecule has 0 aromatic carbocycles. The average molecular weight is 287 g/mol. The van der Waals surface area contributed by atoms with Gasteiger partial charge in [-0.15, -0.1) is 0 Å². The molecule has 0 bridgehead atoms. The first-order valence-corrected chi connectivity index (χ1v) is 7.18. The number of nitrogens with zero attached hydrogens (tertiary/aromatic N) is 1. The number of hydrogen-bond acceptors (Lipinski definition) is 4. The smallest absolute Gasteiger partial charge is 0.323 e. The Morgan fingerprint density at radius 3 is 2.55 bits per heavy atom. The predicted octanol–water partition coefficient (Wildman–Crippen LogP) is 1.14. The van der Waals surface area contributed by atoms with Gasteiger partial charge in [-0.05, 0) is 18.8 Å². The van der Waals surface area contributed by atoms with E-state index in [9.17, 15) is 9.59 Å². The van der Waals surface area contributed by atoms with E-state index in [2.05, 4.69) is 0 Å². The molecule has 0 atom stereocenters. The van der Waals surface area contributed by atoms with Crippen LogP contribution in [0.3, 0.4) is 0 Å². The minimum Gasteiger partial charge on any atom is -0.480 e. The molecule has 1 rings (SSSR count). The lowest BCUT2D eigenvalue weighted by atomic mass is 10.1. The number of carboxylic acids is 1. The Labute approximate surface area is 120 Å². The third-order valence-electron chi connectivity index (χ3n) is 3.10. The highest BCUT2D eigenvalue weighted by atomic mass is 16.5. The van der Waals surface area contributed by atoms with Crippen molar-refractivity contribution in [3.05, 3.63) is 0 Å². The van der Waals surface area contributed by atoms with E-state index in [0.29, 0.717) is 26.4 Å². The molecule has 1 saturated heterocycles. The maximum atomic E-state index is 12.0. The largest absolute Gasteiger partial charge is 0.480 e. The van der Waals surface area contributed by atoms with Crippen LogP contribution in [-0.4, -0.2) is 60.9 Å². The maximum absolute atomic E-state index is 12.0. The van der Waals surface area contributed by atoms with Crippen LogP contribution in [0.25, 0.3) is 0 Å². The zero-order valence-electron chi connectivity index (χ0n) is 12.3. The van der Waals surface area contributed by atoms with Crippen molar-refractivity contribution in [1.82, 2.24) is 4.90 Å². The molecule has 1 aliphatic rings. The summed E-state index contributed by atoms with van der Waals surface area (Å²) in [7, 11) is 0. The second-order valence-corrected chi connectivity index (χ2v) is 5.49. The van der Waals surface area contributed by atoms with Gasteiger partial charge in [0.1, 0.15) is 6.54 Å². The van der Waals surface area contributed by atoms with Crippen LogP contribution in [0.1, 0.15) is 33.1 Å². The summed E-state index contributed by atoms with van der Waals surface area (Å²) >= 11 is 0. The number of hydrogen-bond donors (Lipinski definition) is 1. The predicted molar refractivity (Wildman–Crippen MR) is 73.5 cm³/mol. The van der Waals surface area contributed by atoms with Crippen molar-refractivity contribution in [1.29, 1.82) is 0 Å². The fourth-order valence-electron chi connectivity index (χ4n) is 2.17. The molecule has 0 unspecified atom stereocenters. The first kappa shape index (κ1) is 16.9. The van der Waals surface area contributed by atoms with Crippen LogP contribution in [0.2, 0.25) is 0 Å². The second-order valence-electron chi connectivity index (χ2n) is 5.49. The summed E-state index contributed by atoms with van der Waals surface area (Å²) in [6.45, 7) is 5.89. The number of ether oxygens (including phenoxy) is 2. The highest BCUT2D eigenvalue weighted by Gasteiger charge is 2.19. The van der Waals surface area contributed by atoms with Gasteiger partial charge in [-0.2, -0.15) is 0 Å². The van der Waals surface area contributed by atoms with Gasteiger partial charge in [0, 0.05) is 19.8 Å². The number of amides is 1. The third kappa shape index (κ3) is 6.86. The fraction of sp³-hybridized carbons (Fsp3) is 0.857. The van der Waals surface area contributed by atoms with Gasteiger partial charge >= 0.3 is 5.97 Å². The molecule has 1 N–H and O–H groups in total. The Morgan fingerprint density at radius 1 is 1.35 bits per heavy atom. The standard InChI is InChI=1S/C14H25NO5/c1-11(2)9-15(10-14(17)18)13(16)5-8-20-12-3-6-19-7-4-12/h11-12H,3-10H2,1-2H3,(H,17,18). The van der Waals surface area contributed by atoms with Crippen molar-refractivity contribution in [2.75, 3.05) is 32.9 Å². The van der Waals surface area contributed by atoms with E-state index >= 15 is 0 Å². The molecule has 0 saturated carbocycles. The molecule has 6 nitrogen and oxygen atoms in total. The van der Waals surface area contributed by atoms with Gasteiger partial charge < -0.3 is 19.5 Å². The number of aliphatic carboxylic acids is 1. The Balaban J connectivity index is 2.30. The summed E-state index contributed by atoms with van der Waals surface area (Å²) in [5, 5.41) is 8.84. The molecular weight excluding hydrogens is 262 g/mol. The van der Waals surface area contributed by atoms with E-state index in [1.807, 2.05) is 13.8 Å². The average Bonchev–Trinajstić information content (AvgIpc) is 2.38. The van der Waals surface area contributed by atoms with Gasteiger partial charge in [0.15, 0.2) is 0 Å². The first-order chi connectivity index (χ1) is 9.49. The maximum Gasteiger partial charge on any atom is 0.323 e. The fourth-order valence-corrected chi connectivity index (χ4v) is 2.17. The molecular formula is C14H25NO5. The van der Waals surface area contributed by atoms with Crippen molar-refractivity contribution in [3.8, 4) is 0 Å². The minimum absolute atomic E-state index is 0.159. The highest BCUT2D eigenvalue weighted by Crippen LogP contribution is 2.11. The van der Waals surface area contributed by atoms with E-state index in [1.165, 1.54) is 4.90 Å². The van der Waals surface area contributed by atoms with E-state index in [1.54, 1.807) is 0 Å². The molecule has 0 radical (unpaired) electrons. The monoisotopic (exact) mass is 287 g/mol. The van der Waals surface area contributed by atoms with Crippen molar-refractivity contribution in [2.45, 2.75) is 39.2 Å². The molecule has 1 aliphatic heterocycles. The summed E-state index contributed by atoms with van der Waals surface area (Å²) in [4.78, 5) is 24.2. The first-order valence-electron chi connectivity index (χ1n) is 7.18. The summed E-state index contributed by atoms with van der Waals surface area (Å²) < 4.78 is 10.9. The minimum atomic E-state index is -0.982. The molecule has 0 aromatic rings. The zero-order valence-corrected chi connectivity index (χ0v) is 12.3. The summed E-state index contributed by atoms with van der Waals surface area (Å²) in [6.07, 6.45) is 2.12. The molecule has 1 fully saturated rings. The Kier molecular flexibility index (Phi) is 7.54. The summed E-state index contributed by atoms with van der Waals surface area (Å²) in [5.74, 6) is -0.896. The van der Waals surface area contributed by atoms with Crippen molar-refractivity contribution in [2.24, 2.45) is 5.92 Å². The van der Waals surface area contributed by atoms with Crippen molar-refractivity contribution in [3.63, 3.8) is 0 Å². The van der Waals surface area contributed by atoms with E-state index in [4.69, 9.17) is 14.6 Å². The van der Waals surface area contributed by atoms with Crippen LogP contribution in [-0.2, 0) is 19.1 Å². The normalized spacial score (nSPS) is 16.4. The van der Waals surface area contributed by atoms with Crippen LogP contribution in [0, 0.1) is 5.92 Å². The van der Waals surface area contributed by atoms with Gasteiger partial charge in [-0.25, -0.2) is 0 Å². The Bertz CT molecular complexity index is 313. The van der Waals surface area contributed by atoms with Gasteiger partial charge in [0.2, 0.25) is 5.91 Å². The van der Waals surface area contributed by atoms with Gasteiger partial charge in [-0.3, -0.25) is 9.59 Å². The molecule has 0 aliphatic carbocycles. The third-order valence-corrected chi connectivity index (χ3v) is 3.10. The topological polar surface area (TPSA) is 76.1 Å². The van der Waals surface area contributed by atoms with Gasteiger partial charge in [-0.1, -0.05) is 13.8 Å². The molecule has 1 heterocycles. The lowest BCUT2D eigenvalue weighted by Crippen LogP contribution is -2.39. The van der Waals surface area contributed by atoms with Crippen LogP contribution in [0.15, 0.2) is 0 Å². The summed E-state index contributed by atoms with van der Waals surface area (Å²) in [5.41, 5.74) is 0. The number of carboxylic acid groups (broad SMARTS) is 1. The van der Waals surface area contributed by atoms with Crippen LogP contribution >= 0.6 is 0 Å². The van der Waals surface area contributed by atoms with E-state index in [-0.39, 0.29) is 30.9 Å². The second kappa shape index (κ2) is 8.92. The van der Waals surface area contributed by atoms with E-state index in [0.717, 1.165) is 12.8 Å². The summed E-state index contributed by atoms with van der Waals surface area (Å²) in [6, 6.07) is 0. The Hall–Kier alpha value is -1.14. The van der Waals surface area contributed by atoms with Crippen molar-refractivity contribution < 1.29 is 24.2 Å².